The molecule has 0 bridgehead atoms. The molecule has 0 radical (unpaired) electrons. The van der Waals surface area contributed by atoms with Crippen molar-refractivity contribution in [2.24, 2.45) is 0 Å². The molecular formula is C19H24N4O3. The van der Waals surface area contributed by atoms with Crippen LogP contribution >= 0.6 is 0 Å². The average molecular weight is 356 g/mol. The summed E-state index contributed by atoms with van der Waals surface area (Å²) in [4.78, 5) is 12.0. The van der Waals surface area contributed by atoms with Crippen molar-refractivity contribution in [3.63, 3.8) is 0 Å². The fourth-order valence-electron chi connectivity index (χ4n) is 3.42. The highest BCUT2D eigenvalue weighted by atomic mass is 16.5. The van der Waals surface area contributed by atoms with Crippen molar-refractivity contribution in [2.75, 3.05) is 25.1 Å². The van der Waals surface area contributed by atoms with E-state index in [4.69, 9.17) is 9.47 Å². The summed E-state index contributed by atoms with van der Waals surface area (Å²) in [6, 6.07) is 6.02. The molecule has 7 nitrogen and oxygen atoms in total. The van der Waals surface area contributed by atoms with Crippen molar-refractivity contribution in [2.45, 2.75) is 38.3 Å². The summed E-state index contributed by atoms with van der Waals surface area (Å²) >= 11 is 0. The lowest BCUT2D eigenvalue weighted by Gasteiger charge is -2.09. The third-order valence-corrected chi connectivity index (χ3v) is 4.76. The van der Waals surface area contributed by atoms with Crippen molar-refractivity contribution in [3.05, 3.63) is 41.7 Å². The Hall–Kier alpha value is -2.54. The Kier molecular flexibility index (Phi) is 5.06. The van der Waals surface area contributed by atoms with Gasteiger partial charge in [-0.3, -0.25) is 4.68 Å². The molecule has 1 fully saturated rings. The second kappa shape index (κ2) is 7.78. The molecule has 7 heteroatoms. The number of aromatic nitrogens is 2. The van der Waals surface area contributed by atoms with Gasteiger partial charge >= 0.3 is 6.03 Å². The number of amides is 2. The lowest BCUT2D eigenvalue weighted by molar-refractivity contribution is 0.0940. The van der Waals surface area contributed by atoms with E-state index < -0.39 is 0 Å². The zero-order chi connectivity index (χ0) is 17.8. The zero-order valence-corrected chi connectivity index (χ0v) is 14.7. The van der Waals surface area contributed by atoms with Crippen molar-refractivity contribution >= 4 is 11.7 Å². The molecule has 1 saturated heterocycles. The molecule has 1 unspecified atom stereocenters. The van der Waals surface area contributed by atoms with Crippen molar-refractivity contribution in [1.82, 2.24) is 15.1 Å². The molecule has 2 aliphatic rings. The number of ether oxygens (including phenoxy) is 2. The lowest BCUT2D eigenvalue weighted by Crippen LogP contribution is -2.30. The van der Waals surface area contributed by atoms with Crippen LogP contribution in [0.1, 0.15) is 24.0 Å². The van der Waals surface area contributed by atoms with Crippen LogP contribution < -0.4 is 15.4 Å². The first-order valence-electron chi connectivity index (χ1n) is 9.20. The van der Waals surface area contributed by atoms with E-state index in [2.05, 4.69) is 27.9 Å². The Morgan fingerprint density at radius 2 is 2.31 bits per heavy atom. The average Bonchev–Trinajstić information content (AvgIpc) is 3.37. The summed E-state index contributed by atoms with van der Waals surface area (Å²) in [5.41, 5.74) is 3.15. The van der Waals surface area contributed by atoms with Gasteiger partial charge < -0.3 is 20.1 Å². The molecule has 1 aromatic heterocycles. The molecule has 4 rings (SSSR count). The Bertz CT molecular complexity index is 768. The smallest absolute Gasteiger partial charge is 0.319 e. The molecule has 0 spiro atoms. The first-order valence-corrected chi connectivity index (χ1v) is 9.20. The molecule has 2 amide bonds. The van der Waals surface area contributed by atoms with E-state index in [-0.39, 0.29) is 12.1 Å². The highest BCUT2D eigenvalue weighted by Gasteiger charge is 2.16. The predicted octanol–water partition coefficient (Wildman–Crippen LogP) is 2.36. The van der Waals surface area contributed by atoms with E-state index in [9.17, 15) is 4.79 Å². The number of nitrogens with one attached hydrogen (secondary N) is 2. The van der Waals surface area contributed by atoms with Crippen LogP contribution in [0, 0.1) is 0 Å². The molecule has 3 heterocycles. The highest BCUT2D eigenvalue weighted by molar-refractivity contribution is 5.88. The first kappa shape index (κ1) is 16.9. The van der Waals surface area contributed by atoms with Gasteiger partial charge in [0.2, 0.25) is 0 Å². The maximum absolute atomic E-state index is 12.0. The van der Waals surface area contributed by atoms with E-state index in [1.807, 2.05) is 16.9 Å². The summed E-state index contributed by atoms with van der Waals surface area (Å²) in [6.45, 7) is 2.90. The number of rotatable bonds is 6. The molecule has 26 heavy (non-hydrogen) atoms. The van der Waals surface area contributed by atoms with Gasteiger partial charge in [-0.15, -0.1) is 0 Å². The second-order valence-electron chi connectivity index (χ2n) is 6.76. The SMILES string of the molecule is O=C(NCCc1ccc2c(c1)CCO2)Nc1cnn(CC2CCCO2)c1. The number of nitrogens with zero attached hydrogens (tertiary/aromatic N) is 2. The summed E-state index contributed by atoms with van der Waals surface area (Å²) in [7, 11) is 0. The second-order valence-corrected chi connectivity index (χ2v) is 6.76. The van der Waals surface area contributed by atoms with E-state index in [0.717, 1.165) is 51.2 Å². The number of carbonyl (C=O) groups is 1. The summed E-state index contributed by atoms with van der Waals surface area (Å²) in [5.74, 6) is 0.986. The number of benzene rings is 1. The normalized spacial score (nSPS) is 18.4. The Morgan fingerprint density at radius 1 is 1.35 bits per heavy atom. The van der Waals surface area contributed by atoms with Gasteiger partial charge in [-0.25, -0.2) is 4.79 Å². The van der Waals surface area contributed by atoms with E-state index >= 15 is 0 Å². The summed E-state index contributed by atoms with van der Waals surface area (Å²) < 4.78 is 12.9. The molecular weight excluding hydrogens is 332 g/mol. The van der Waals surface area contributed by atoms with Crippen LogP contribution in [0.4, 0.5) is 10.5 Å². The van der Waals surface area contributed by atoms with Crippen LogP contribution in [0.15, 0.2) is 30.6 Å². The quantitative estimate of drug-likeness (QED) is 0.833. The van der Waals surface area contributed by atoms with Gasteiger partial charge in [0.1, 0.15) is 5.75 Å². The molecule has 1 aromatic carbocycles. The summed E-state index contributed by atoms with van der Waals surface area (Å²) in [5, 5.41) is 9.98. The standard InChI is InChI=1S/C19H24N4O3/c24-19(20-7-5-14-3-4-18-15(10-14)6-9-26-18)22-16-11-21-23(12-16)13-17-2-1-8-25-17/h3-4,10-12,17H,1-2,5-9,13H2,(H2,20,22,24). The fourth-order valence-corrected chi connectivity index (χ4v) is 3.42. The largest absolute Gasteiger partial charge is 0.493 e. The van der Waals surface area contributed by atoms with Crippen LogP contribution in [-0.4, -0.2) is 41.7 Å². The number of fused-ring (bicyclic) bond motifs is 1. The van der Waals surface area contributed by atoms with Crippen LogP contribution in [0.3, 0.4) is 0 Å². The van der Waals surface area contributed by atoms with Crippen LogP contribution in [0.2, 0.25) is 0 Å². The van der Waals surface area contributed by atoms with Gasteiger partial charge in [0.25, 0.3) is 0 Å². The minimum absolute atomic E-state index is 0.217. The number of anilines is 1. The molecule has 0 aliphatic carbocycles. The maximum atomic E-state index is 12.0. The van der Waals surface area contributed by atoms with Gasteiger partial charge in [-0.05, 0) is 36.5 Å². The Labute approximate surface area is 152 Å². The maximum Gasteiger partial charge on any atom is 0.319 e. The monoisotopic (exact) mass is 356 g/mol. The predicted molar refractivity (Wildman–Crippen MR) is 97.6 cm³/mol. The van der Waals surface area contributed by atoms with Crippen LogP contribution in [-0.2, 0) is 24.1 Å². The third kappa shape index (κ3) is 4.16. The lowest BCUT2D eigenvalue weighted by atomic mass is 10.1. The molecule has 2 aromatic rings. The molecule has 1 atom stereocenters. The van der Waals surface area contributed by atoms with Crippen molar-refractivity contribution < 1.29 is 14.3 Å². The number of carbonyl (C=O) groups excluding carboxylic acids is 1. The molecule has 138 valence electrons. The highest BCUT2D eigenvalue weighted by Crippen LogP contribution is 2.25. The number of hydrogen-bond donors (Lipinski definition) is 2. The summed E-state index contributed by atoms with van der Waals surface area (Å²) in [6.07, 6.45) is 7.66. The first-order chi connectivity index (χ1) is 12.8. The number of hydrogen-bond acceptors (Lipinski definition) is 4. The zero-order valence-electron chi connectivity index (χ0n) is 14.7. The van der Waals surface area contributed by atoms with Crippen LogP contribution in [0.25, 0.3) is 0 Å². The van der Waals surface area contributed by atoms with Gasteiger partial charge in [0, 0.05) is 25.8 Å². The van der Waals surface area contributed by atoms with Gasteiger partial charge in [0.05, 0.1) is 31.1 Å². The fraction of sp³-hybridized carbons (Fsp3) is 0.474. The van der Waals surface area contributed by atoms with E-state index in [1.54, 1.807) is 6.20 Å². The number of urea groups is 1. The van der Waals surface area contributed by atoms with Crippen LogP contribution in [0.5, 0.6) is 5.75 Å². The van der Waals surface area contributed by atoms with Gasteiger partial charge in [-0.1, -0.05) is 12.1 Å². The Balaban J connectivity index is 1.21. The van der Waals surface area contributed by atoms with E-state index in [0.29, 0.717) is 12.2 Å². The topological polar surface area (TPSA) is 77.4 Å². The van der Waals surface area contributed by atoms with Gasteiger partial charge in [-0.2, -0.15) is 5.10 Å². The van der Waals surface area contributed by atoms with Crippen molar-refractivity contribution in [3.8, 4) is 5.75 Å². The minimum atomic E-state index is -0.217. The third-order valence-electron chi connectivity index (χ3n) is 4.76. The van der Waals surface area contributed by atoms with Crippen molar-refractivity contribution in [1.29, 1.82) is 0 Å². The van der Waals surface area contributed by atoms with E-state index in [1.165, 1.54) is 11.1 Å². The van der Waals surface area contributed by atoms with Gasteiger partial charge in [0.15, 0.2) is 0 Å². The molecule has 0 saturated carbocycles. The molecule has 2 aliphatic heterocycles. The molecule has 2 N–H and O–H groups in total. The Morgan fingerprint density at radius 3 is 3.19 bits per heavy atom. The minimum Gasteiger partial charge on any atom is -0.493 e.